The number of hydrogen-bond acceptors (Lipinski definition) is 7. The molecule has 2 rings (SSSR count). The van der Waals surface area contributed by atoms with Gasteiger partial charge in [-0.2, -0.15) is 0 Å². The van der Waals surface area contributed by atoms with Crippen LogP contribution in [0.15, 0.2) is 54.6 Å². The van der Waals surface area contributed by atoms with E-state index in [1.807, 2.05) is 42.5 Å². The van der Waals surface area contributed by atoms with E-state index in [0.29, 0.717) is 12.4 Å². The molecule has 8 heteroatoms. The molecule has 0 fully saturated rings. The highest BCUT2D eigenvalue weighted by Crippen LogP contribution is 2.24. The normalized spacial score (nSPS) is 14.9. The summed E-state index contributed by atoms with van der Waals surface area (Å²) in [5.74, 6) is -0.312. The summed E-state index contributed by atoms with van der Waals surface area (Å²) in [4.78, 5) is 26.3. The predicted molar refractivity (Wildman–Crippen MR) is 132 cm³/mol. The minimum absolute atomic E-state index is 0.0404. The molecule has 8 nitrogen and oxygen atoms in total. The Balaban J connectivity index is 2.22. The van der Waals surface area contributed by atoms with Crippen molar-refractivity contribution in [2.75, 3.05) is 13.7 Å². The van der Waals surface area contributed by atoms with Crippen molar-refractivity contribution in [3.05, 3.63) is 65.7 Å². The SMILES string of the molecule is CCOC(=O)[C@@](C)(O)[C@H](O)[C@@H](Cc1ccc(OCc2ccccc2)cc1)N(C)C(=O)OC(C)(C)C. The molecule has 0 saturated heterocycles. The first-order valence-electron chi connectivity index (χ1n) is 11.6. The Labute approximate surface area is 207 Å². The number of aliphatic hydroxyl groups excluding tert-OH is 1. The molecule has 192 valence electrons. The van der Waals surface area contributed by atoms with E-state index in [2.05, 4.69) is 0 Å². The Hall–Kier alpha value is -3.10. The van der Waals surface area contributed by atoms with E-state index in [1.54, 1.807) is 39.8 Å². The van der Waals surface area contributed by atoms with Crippen LogP contribution in [0.25, 0.3) is 0 Å². The molecule has 2 N–H and O–H groups in total. The zero-order valence-electron chi connectivity index (χ0n) is 21.4. The number of hydrogen-bond donors (Lipinski definition) is 2. The summed E-state index contributed by atoms with van der Waals surface area (Å²) in [7, 11) is 1.46. The van der Waals surface area contributed by atoms with E-state index in [4.69, 9.17) is 14.2 Å². The molecule has 0 radical (unpaired) electrons. The minimum Gasteiger partial charge on any atom is -0.489 e. The van der Waals surface area contributed by atoms with E-state index in [0.717, 1.165) is 11.1 Å². The predicted octanol–water partition coefficient (Wildman–Crippen LogP) is 3.72. The fourth-order valence-corrected chi connectivity index (χ4v) is 3.41. The highest BCUT2D eigenvalue weighted by Gasteiger charge is 2.46. The molecule has 1 amide bonds. The van der Waals surface area contributed by atoms with Gasteiger partial charge in [-0.25, -0.2) is 9.59 Å². The van der Waals surface area contributed by atoms with Crippen LogP contribution in [0.5, 0.6) is 5.75 Å². The van der Waals surface area contributed by atoms with Crippen LogP contribution in [0, 0.1) is 0 Å². The van der Waals surface area contributed by atoms with Crippen molar-refractivity contribution in [2.24, 2.45) is 0 Å². The Morgan fingerprint density at radius 2 is 1.57 bits per heavy atom. The second kappa shape index (κ2) is 12.0. The van der Waals surface area contributed by atoms with E-state index in [1.165, 1.54) is 18.9 Å². The Bertz CT molecular complexity index is 952. The topological polar surface area (TPSA) is 106 Å². The van der Waals surface area contributed by atoms with Gasteiger partial charge in [0, 0.05) is 7.05 Å². The van der Waals surface area contributed by atoms with Gasteiger partial charge < -0.3 is 29.3 Å². The minimum atomic E-state index is -2.24. The van der Waals surface area contributed by atoms with E-state index < -0.39 is 35.4 Å². The molecular weight excluding hydrogens is 450 g/mol. The van der Waals surface area contributed by atoms with Crippen molar-refractivity contribution in [3.8, 4) is 5.75 Å². The van der Waals surface area contributed by atoms with E-state index in [9.17, 15) is 19.8 Å². The molecule has 2 aromatic rings. The van der Waals surface area contributed by atoms with Crippen LogP contribution < -0.4 is 4.74 Å². The van der Waals surface area contributed by atoms with E-state index in [-0.39, 0.29) is 13.0 Å². The molecule has 0 aliphatic carbocycles. The first-order valence-corrected chi connectivity index (χ1v) is 11.6. The lowest BCUT2D eigenvalue weighted by molar-refractivity contribution is -0.179. The summed E-state index contributed by atoms with van der Waals surface area (Å²) >= 11 is 0. The molecule has 0 spiro atoms. The molecule has 0 bridgehead atoms. The van der Waals surface area contributed by atoms with Gasteiger partial charge in [-0.1, -0.05) is 42.5 Å². The molecule has 0 heterocycles. The third kappa shape index (κ3) is 8.26. The van der Waals surface area contributed by atoms with Crippen LogP contribution in [0.2, 0.25) is 0 Å². The summed E-state index contributed by atoms with van der Waals surface area (Å²) in [5.41, 5.74) is -1.20. The smallest absolute Gasteiger partial charge is 0.410 e. The molecule has 0 aromatic heterocycles. The van der Waals surface area contributed by atoms with Gasteiger partial charge in [-0.05, 0) is 64.3 Å². The molecular formula is C27H37NO7. The Kier molecular flexibility index (Phi) is 9.68. The summed E-state index contributed by atoms with van der Waals surface area (Å²) in [6.07, 6.45) is -2.19. The number of esters is 1. The number of rotatable bonds is 10. The number of aliphatic hydroxyl groups is 2. The number of ether oxygens (including phenoxy) is 3. The maximum atomic E-state index is 12.8. The maximum Gasteiger partial charge on any atom is 0.410 e. The second-order valence-electron chi connectivity index (χ2n) is 9.59. The van der Waals surface area contributed by atoms with Gasteiger partial charge in [0.25, 0.3) is 0 Å². The highest BCUT2D eigenvalue weighted by molar-refractivity contribution is 5.80. The lowest BCUT2D eigenvalue weighted by atomic mass is 9.88. The monoisotopic (exact) mass is 487 g/mol. The van der Waals surface area contributed by atoms with E-state index >= 15 is 0 Å². The Morgan fingerprint density at radius 1 is 0.971 bits per heavy atom. The van der Waals surface area contributed by atoms with Crippen molar-refractivity contribution in [1.29, 1.82) is 0 Å². The van der Waals surface area contributed by atoms with Crippen LogP contribution in [-0.4, -0.2) is 64.2 Å². The number of nitrogens with zero attached hydrogens (tertiary/aromatic N) is 1. The van der Waals surface area contributed by atoms with Crippen molar-refractivity contribution >= 4 is 12.1 Å². The summed E-state index contributed by atoms with van der Waals surface area (Å²) < 4.78 is 16.2. The maximum absolute atomic E-state index is 12.8. The van der Waals surface area contributed by atoms with Gasteiger partial charge in [0.1, 0.15) is 24.1 Å². The van der Waals surface area contributed by atoms with Gasteiger partial charge >= 0.3 is 12.1 Å². The van der Waals surface area contributed by atoms with Gasteiger partial charge in [0.15, 0.2) is 5.60 Å². The fraction of sp³-hybridized carbons (Fsp3) is 0.481. The van der Waals surface area contributed by atoms with Crippen molar-refractivity contribution in [2.45, 2.75) is 71.0 Å². The van der Waals surface area contributed by atoms with Gasteiger partial charge in [-0.15, -0.1) is 0 Å². The molecule has 0 unspecified atom stereocenters. The fourth-order valence-electron chi connectivity index (χ4n) is 3.41. The van der Waals surface area contributed by atoms with Gasteiger partial charge in [-0.3, -0.25) is 0 Å². The van der Waals surface area contributed by atoms with Crippen LogP contribution in [0.3, 0.4) is 0 Å². The molecule has 0 saturated carbocycles. The lowest BCUT2D eigenvalue weighted by Gasteiger charge is -2.38. The third-order valence-corrected chi connectivity index (χ3v) is 5.42. The van der Waals surface area contributed by atoms with Crippen LogP contribution in [-0.2, 0) is 27.3 Å². The van der Waals surface area contributed by atoms with Crippen molar-refractivity contribution in [1.82, 2.24) is 4.90 Å². The van der Waals surface area contributed by atoms with Crippen molar-refractivity contribution < 1.29 is 34.0 Å². The second-order valence-corrected chi connectivity index (χ2v) is 9.59. The number of carbonyl (C=O) groups is 2. The summed E-state index contributed by atoms with van der Waals surface area (Å²) in [5, 5.41) is 21.8. The standard InChI is InChI=1S/C27H37NO7/c1-7-33-24(30)27(5,32)23(29)22(28(6)25(31)35-26(2,3)4)17-19-13-15-21(16-14-19)34-18-20-11-9-8-10-12-20/h8-16,22-23,29,32H,7,17-18H2,1-6H3/t22-,23-,27+/m1/s1. The number of likely N-dealkylation sites (N-methyl/N-ethyl adjacent to an activating group) is 1. The molecule has 2 aromatic carbocycles. The molecule has 0 aliphatic heterocycles. The average molecular weight is 488 g/mol. The quantitative estimate of drug-likeness (QED) is 0.492. The molecule has 35 heavy (non-hydrogen) atoms. The highest BCUT2D eigenvalue weighted by atomic mass is 16.6. The van der Waals surface area contributed by atoms with Gasteiger partial charge in [0.2, 0.25) is 0 Å². The first kappa shape index (κ1) is 28.1. The molecule has 3 atom stereocenters. The van der Waals surface area contributed by atoms with Gasteiger partial charge in [0.05, 0.1) is 12.6 Å². The Morgan fingerprint density at radius 3 is 2.11 bits per heavy atom. The first-order chi connectivity index (χ1) is 16.3. The number of amides is 1. The number of benzene rings is 2. The average Bonchev–Trinajstić information content (AvgIpc) is 2.80. The largest absolute Gasteiger partial charge is 0.489 e. The van der Waals surface area contributed by atoms with Crippen LogP contribution >= 0.6 is 0 Å². The van der Waals surface area contributed by atoms with Crippen LogP contribution in [0.1, 0.15) is 45.7 Å². The van der Waals surface area contributed by atoms with Crippen molar-refractivity contribution in [3.63, 3.8) is 0 Å². The molecule has 0 aliphatic rings. The third-order valence-electron chi connectivity index (χ3n) is 5.42. The summed E-state index contributed by atoms with van der Waals surface area (Å²) in [6, 6.07) is 16.0. The zero-order chi connectivity index (χ0) is 26.2. The van der Waals surface area contributed by atoms with Crippen LogP contribution in [0.4, 0.5) is 4.79 Å². The summed E-state index contributed by atoms with van der Waals surface area (Å²) in [6.45, 7) is 8.43. The lowest BCUT2D eigenvalue weighted by Crippen LogP contribution is -2.59. The number of carbonyl (C=O) groups excluding carboxylic acids is 2. The zero-order valence-corrected chi connectivity index (χ0v) is 21.4.